The number of nitrogens with zero attached hydrogens (tertiary/aromatic N) is 3. The van der Waals surface area contributed by atoms with Crippen molar-refractivity contribution in [2.45, 2.75) is 23.6 Å². The smallest absolute Gasteiger partial charge is 0.253 e. The van der Waals surface area contributed by atoms with E-state index in [4.69, 9.17) is 9.97 Å². The lowest BCUT2D eigenvalue weighted by atomic mass is 10.1. The number of likely N-dealkylation sites (tertiary alicyclic amines) is 1. The van der Waals surface area contributed by atoms with Gasteiger partial charge in [0.1, 0.15) is 5.03 Å². The summed E-state index contributed by atoms with van der Waals surface area (Å²) in [5.41, 5.74) is 2.92. The molecule has 5 rings (SSSR count). The molecule has 0 unspecified atom stereocenters. The SMILES string of the molecule is O=C(c1ccc(CSc2nc(-c3cccs3)nc3ccccc23)cc1)N1CCCC1. The van der Waals surface area contributed by atoms with Crippen molar-refractivity contribution in [1.29, 1.82) is 0 Å². The molecule has 0 radical (unpaired) electrons. The van der Waals surface area contributed by atoms with Gasteiger partial charge in [-0.1, -0.05) is 36.4 Å². The monoisotopic (exact) mass is 431 g/mol. The standard InChI is InChI=1S/C24H21N3OS2/c28-24(27-13-3-4-14-27)18-11-9-17(10-12-18)16-30-23-19-6-1-2-7-20(19)25-22(26-23)21-8-5-15-29-21/h1-2,5-12,15H,3-4,13-14,16H2. The maximum absolute atomic E-state index is 12.5. The Hall–Kier alpha value is -2.70. The van der Waals surface area contributed by atoms with E-state index < -0.39 is 0 Å². The molecule has 0 bridgehead atoms. The zero-order chi connectivity index (χ0) is 20.3. The van der Waals surface area contributed by atoms with Crippen molar-refractivity contribution in [1.82, 2.24) is 14.9 Å². The molecule has 3 heterocycles. The van der Waals surface area contributed by atoms with Crippen LogP contribution in [0.3, 0.4) is 0 Å². The Labute approximate surface area is 184 Å². The number of amides is 1. The first kappa shape index (κ1) is 19.3. The molecular weight excluding hydrogens is 410 g/mol. The lowest BCUT2D eigenvalue weighted by molar-refractivity contribution is 0.0793. The molecule has 0 saturated carbocycles. The van der Waals surface area contributed by atoms with Crippen LogP contribution in [0, 0.1) is 0 Å². The maximum atomic E-state index is 12.5. The van der Waals surface area contributed by atoms with Gasteiger partial charge in [-0.15, -0.1) is 23.1 Å². The molecular formula is C24H21N3OS2. The van der Waals surface area contributed by atoms with Gasteiger partial charge >= 0.3 is 0 Å². The lowest BCUT2D eigenvalue weighted by Gasteiger charge is -2.15. The molecule has 30 heavy (non-hydrogen) atoms. The molecule has 0 spiro atoms. The molecule has 6 heteroatoms. The van der Waals surface area contributed by atoms with Crippen LogP contribution < -0.4 is 0 Å². The van der Waals surface area contributed by atoms with Gasteiger partial charge in [-0.05, 0) is 48.1 Å². The number of thiophene rings is 1. The predicted octanol–water partition coefficient (Wildman–Crippen LogP) is 5.89. The van der Waals surface area contributed by atoms with Gasteiger partial charge in [0, 0.05) is 29.8 Å². The zero-order valence-corrected chi connectivity index (χ0v) is 18.1. The number of carbonyl (C=O) groups excluding carboxylic acids is 1. The fourth-order valence-corrected chi connectivity index (χ4v) is 5.30. The van der Waals surface area contributed by atoms with Gasteiger partial charge in [-0.3, -0.25) is 4.79 Å². The van der Waals surface area contributed by atoms with Crippen molar-refractivity contribution in [3.8, 4) is 10.7 Å². The average Bonchev–Trinajstić information content (AvgIpc) is 3.52. The minimum absolute atomic E-state index is 0.147. The number of thioether (sulfide) groups is 1. The summed E-state index contributed by atoms with van der Waals surface area (Å²) in [4.78, 5) is 25.2. The molecule has 1 saturated heterocycles. The summed E-state index contributed by atoms with van der Waals surface area (Å²) in [6.07, 6.45) is 2.22. The van der Waals surface area contributed by atoms with Crippen LogP contribution in [-0.4, -0.2) is 33.9 Å². The van der Waals surface area contributed by atoms with Crippen molar-refractivity contribution in [3.05, 3.63) is 77.2 Å². The minimum atomic E-state index is 0.147. The van der Waals surface area contributed by atoms with Crippen LogP contribution in [0.4, 0.5) is 0 Å². The topological polar surface area (TPSA) is 46.1 Å². The van der Waals surface area contributed by atoms with Crippen LogP contribution in [0.25, 0.3) is 21.6 Å². The van der Waals surface area contributed by atoms with Crippen LogP contribution >= 0.6 is 23.1 Å². The third kappa shape index (κ3) is 3.98. The molecule has 1 aliphatic rings. The van der Waals surface area contributed by atoms with E-state index in [2.05, 4.69) is 24.3 Å². The Morgan fingerprint density at radius 3 is 2.53 bits per heavy atom. The fourth-order valence-electron chi connectivity index (χ4n) is 3.67. The molecule has 0 atom stereocenters. The number of fused-ring (bicyclic) bond motifs is 1. The molecule has 2 aromatic heterocycles. The van der Waals surface area contributed by atoms with Crippen molar-refractivity contribution in [2.75, 3.05) is 13.1 Å². The maximum Gasteiger partial charge on any atom is 0.253 e. The molecule has 4 nitrogen and oxygen atoms in total. The van der Waals surface area contributed by atoms with Gasteiger partial charge in [0.15, 0.2) is 5.82 Å². The van der Waals surface area contributed by atoms with E-state index in [-0.39, 0.29) is 5.91 Å². The third-order valence-electron chi connectivity index (χ3n) is 5.28. The van der Waals surface area contributed by atoms with Crippen molar-refractivity contribution >= 4 is 39.9 Å². The van der Waals surface area contributed by atoms with E-state index in [1.165, 1.54) is 5.56 Å². The Balaban J connectivity index is 1.36. The van der Waals surface area contributed by atoms with Crippen molar-refractivity contribution < 1.29 is 4.79 Å². The normalized spacial score (nSPS) is 13.8. The quantitative estimate of drug-likeness (QED) is 0.292. The largest absolute Gasteiger partial charge is 0.339 e. The van der Waals surface area contributed by atoms with E-state index in [1.54, 1.807) is 23.1 Å². The van der Waals surface area contributed by atoms with Crippen LogP contribution in [-0.2, 0) is 5.75 Å². The number of para-hydroxylation sites is 1. The van der Waals surface area contributed by atoms with Gasteiger partial charge in [-0.2, -0.15) is 0 Å². The van der Waals surface area contributed by atoms with Crippen LogP contribution in [0.15, 0.2) is 71.1 Å². The van der Waals surface area contributed by atoms with Gasteiger partial charge in [0.2, 0.25) is 0 Å². The summed E-state index contributed by atoms with van der Waals surface area (Å²) in [6.45, 7) is 1.76. The lowest BCUT2D eigenvalue weighted by Crippen LogP contribution is -2.27. The molecule has 150 valence electrons. The average molecular weight is 432 g/mol. The highest BCUT2D eigenvalue weighted by Crippen LogP contribution is 2.31. The van der Waals surface area contributed by atoms with E-state index >= 15 is 0 Å². The van der Waals surface area contributed by atoms with Crippen LogP contribution in [0.2, 0.25) is 0 Å². The highest BCUT2D eigenvalue weighted by Gasteiger charge is 2.19. The van der Waals surface area contributed by atoms with Crippen molar-refractivity contribution in [2.24, 2.45) is 0 Å². The van der Waals surface area contributed by atoms with Gasteiger partial charge in [-0.25, -0.2) is 9.97 Å². The Morgan fingerprint density at radius 2 is 1.77 bits per heavy atom. The minimum Gasteiger partial charge on any atom is -0.339 e. The molecule has 1 fully saturated rings. The Kier molecular flexibility index (Phi) is 5.51. The van der Waals surface area contributed by atoms with Crippen LogP contribution in [0.1, 0.15) is 28.8 Å². The fraction of sp³-hybridized carbons (Fsp3) is 0.208. The van der Waals surface area contributed by atoms with E-state index in [0.717, 1.165) is 63.9 Å². The summed E-state index contributed by atoms with van der Waals surface area (Å²) in [7, 11) is 0. The number of hydrogen-bond donors (Lipinski definition) is 0. The first-order valence-electron chi connectivity index (χ1n) is 10.1. The van der Waals surface area contributed by atoms with Crippen molar-refractivity contribution in [3.63, 3.8) is 0 Å². The summed E-state index contributed by atoms with van der Waals surface area (Å²) >= 11 is 3.36. The zero-order valence-electron chi connectivity index (χ0n) is 16.5. The summed E-state index contributed by atoms with van der Waals surface area (Å²) in [6, 6.07) is 20.2. The molecule has 0 aliphatic carbocycles. The summed E-state index contributed by atoms with van der Waals surface area (Å²) < 4.78 is 0. The van der Waals surface area contributed by atoms with E-state index in [9.17, 15) is 4.79 Å². The molecule has 1 amide bonds. The first-order chi connectivity index (χ1) is 14.8. The molecule has 4 aromatic rings. The number of benzene rings is 2. The third-order valence-corrected chi connectivity index (χ3v) is 7.21. The summed E-state index contributed by atoms with van der Waals surface area (Å²) in [5.74, 6) is 1.72. The number of rotatable bonds is 5. The molecule has 0 N–H and O–H groups in total. The second kappa shape index (κ2) is 8.58. The van der Waals surface area contributed by atoms with Crippen LogP contribution in [0.5, 0.6) is 0 Å². The molecule has 1 aliphatic heterocycles. The van der Waals surface area contributed by atoms with Gasteiger partial charge in [0.25, 0.3) is 5.91 Å². The molecule has 2 aromatic carbocycles. The number of aromatic nitrogens is 2. The van der Waals surface area contributed by atoms with Gasteiger partial charge in [0.05, 0.1) is 10.4 Å². The highest BCUT2D eigenvalue weighted by molar-refractivity contribution is 7.98. The van der Waals surface area contributed by atoms with Gasteiger partial charge < -0.3 is 4.90 Å². The summed E-state index contributed by atoms with van der Waals surface area (Å²) in [5, 5.41) is 4.11. The highest BCUT2D eigenvalue weighted by atomic mass is 32.2. The Morgan fingerprint density at radius 1 is 0.967 bits per heavy atom. The number of carbonyl (C=O) groups is 1. The second-order valence-corrected chi connectivity index (χ2v) is 9.24. The van der Waals surface area contributed by atoms with E-state index in [1.807, 2.05) is 46.7 Å². The van der Waals surface area contributed by atoms with E-state index in [0.29, 0.717) is 0 Å². The predicted molar refractivity (Wildman–Crippen MR) is 124 cm³/mol. The first-order valence-corrected chi connectivity index (χ1v) is 12.0. The number of hydrogen-bond acceptors (Lipinski definition) is 5. The second-order valence-electron chi connectivity index (χ2n) is 7.33. The Bertz CT molecular complexity index is 1170.